The number of carboxylic acids is 3. The van der Waals surface area contributed by atoms with Crippen molar-refractivity contribution in [2.24, 2.45) is 0 Å². The number of methoxy groups -OCH3 is 1. The number of carboxylic acid groups (broad SMARTS) is 3. The molecule has 0 saturated heterocycles. The van der Waals surface area contributed by atoms with Gasteiger partial charge in [0.1, 0.15) is 23.6 Å². The number of tetrazole rings is 1. The number of phenols is 1. The molecule has 7 N–H and O–H groups in total. The van der Waals surface area contributed by atoms with Gasteiger partial charge in [-0.15, -0.1) is 5.10 Å². The van der Waals surface area contributed by atoms with Crippen LogP contribution in [0.25, 0.3) is 0 Å². The maximum atomic E-state index is 13.9. The predicted octanol–water partition coefficient (Wildman–Crippen LogP) is 1.05. The van der Waals surface area contributed by atoms with E-state index in [9.17, 15) is 59.4 Å². The van der Waals surface area contributed by atoms with Gasteiger partial charge in [0.15, 0.2) is 0 Å². The van der Waals surface area contributed by atoms with E-state index < -0.39 is 87.9 Å². The highest BCUT2D eigenvalue weighted by molar-refractivity contribution is 7.99. The molecule has 20 heteroatoms. The van der Waals surface area contributed by atoms with E-state index in [0.29, 0.717) is 17.3 Å². The third-order valence-corrected chi connectivity index (χ3v) is 7.76. The first-order valence-corrected chi connectivity index (χ1v) is 14.7. The number of carbonyl (C=O) groups excluding carboxylic acids is 3. The fraction of sp³-hybridized carbons (Fsp3) is 0.167. The molecule has 0 bridgehead atoms. The number of nitrogens with one attached hydrogen (secondary N) is 1. The van der Waals surface area contributed by atoms with E-state index in [2.05, 4.69) is 20.8 Å². The Morgan fingerprint density at radius 1 is 0.900 bits per heavy atom. The summed E-state index contributed by atoms with van der Waals surface area (Å²) in [5.74, 6) is -9.23. The quantitative estimate of drug-likeness (QED) is 0.0515. The standard InChI is InChI=1S/C30H25N5O14S/c1-48-29(47)21-22(40)17(12-37)9-19(25(21)50-30-32-33-34-35(30)10-20(38)39)49-24(23(41)14-4-2-13(11-36)3-5-14)26(42)31-18-7-15(27(43)44)6-16(8-18)28(45)46/h2-9,24,36-37,40H,10-12H2,1H3,(H,31,42)(H,38,39)(H,43,44)(H,45,46). The molecule has 19 nitrogen and oxygen atoms in total. The number of anilines is 1. The lowest BCUT2D eigenvalue weighted by Crippen LogP contribution is -2.40. The van der Waals surface area contributed by atoms with Gasteiger partial charge in [0, 0.05) is 16.8 Å². The van der Waals surface area contributed by atoms with Gasteiger partial charge < -0.3 is 45.4 Å². The summed E-state index contributed by atoms with van der Waals surface area (Å²) in [6.45, 7) is -2.03. The topological polar surface area (TPSA) is 298 Å². The Balaban J connectivity index is 1.90. The average molecular weight is 712 g/mol. The van der Waals surface area contributed by atoms with Gasteiger partial charge in [0.25, 0.3) is 5.91 Å². The summed E-state index contributed by atoms with van der Waals surface area (Å²) >= 11 is 0.468. The number of aliphatic hydroxyl groups excluding tert-OH is 2. The summed E-state index contributed by atoms with van der Waals surface area (Å²) in [7, 11) is 0.962. The molecule has 4 rings (SSSR count). The number of aliphatic hydroxyl groups is 2. The number of ketones is 1. The van der Waals surface area contributed by atoms with Crippen LogP contribution in [-0.2, 0) is 34.1 Å². The van der Waals surface area contributed by atoms with Crippen molar-refractivity contribution in [1.29, 1.82) is 0 Å². The maximum absolute atomic E-state index is 13.9. The zero-order valence-corrected chi connectivity index (χ0v) is 26.3. The van der Waals surface area contributed by atoms with Crippen molar-refractivity contribution in [3.8, 4) is 11.5 Å². The van der Waals surface area contributed by atoms with Crippen LogP contribution >= 0.6 is 11.8 Å². The van der Waals surface area contributed by atoms with E-state index in [1.54, 1.807) is 0 Å². The SMILES string of the molecule is COC(=O)c1c(O)c(CO)cc(OC(C(=O)Nc2cc(C(=O)O)cc(C(=O)O)c2)C(=O)c2ccc(CO)cc2)c1Sc1nnnn1CC(=O)O. The minimum absolute atomic E-state index is 0.137. The second-order valence-corrected chi connectivity index (χ2v) is 10.9. The predicted molar refractivity (Wildman–Crippen MR) is 165 cm³/mol. The van der Waals surface area contributed by atoms with Gasteiger partial charge in [0.05, 0.1) is 36.3 Å². The van der Waals surface area contributed by atoms with Crippen LogP contribution in [0.3, 0.4) is 0 Å². The van der Waals surface area contributed by atoms with Gasteiger partial charge >= 0.3 is 23.9 Å². The number of carbonyl (C=O) groups is 6. The summed E-state index contributed by atoms with van der Waals surface area (Å²) in [4.78, 5) is 75.0. The molecule has 260 valence electrons. The zero-order valence-electron chi connectivity index (χ0n) is 25.5. The summed E-state index contributed by atoms with van der Waals surface area (Å²) in [5, 5.41) is 71.2. The highest BCUT2D eigenvalue weighted by atomic mass is 32.2. The Kier molecular flexibility index (Phi) is 11.4. The number of hydrogen-bond donors (Lipinski definition) is 7. The van der Waals surface area contributed by atoms with Crippen molar-refractivity contribution >= 4 is 53.0 Å². The van der Waals surface area contributed by atoms with Gasteiger partial charge in [-0.05, 0) is 52.0 Å². The first-order chi connectivity index (χ1) is 23.8. The summed E-state index contributed by atoms with van der Waals surface area (Å²) in [6.07, 6.45) is -2.22. The Bertz CT molecular complexity index is 1960. The van der Waals surface area contributed by atoms with Crippen LogP contribution in [0, 0.1) is 0 Å². The average Bonchev–Trinajstić information content (AvgIpc) is 3.52. The Labute approximate surface area is 283 Å². The van der Waals surface area contributed by atoms with Crippen molar-refractivity contribution in [1.82, 2.24) is 20.2 Å². The van der Waals surface area contributed by atoms with E-state index in [1.807, 2.05) is 0 Å². The van der Waals surface area contributed by atoms with Crippen molar-refractivity contribution in [2.45, 2.75) is 35.9 Å². The molecule has 0 radical (unpaired) electrons. The Hall–Kier alpha value is -6.38. The molecule has 1 heterocycles. The Morgan fingerprint density at radius 3 is 2.08 bits per heavy atom. The molecule has 4 aromatic rings. The largest absolute Gasteiger partial charge is 0.507 e. The van der Waals surface area contributed by atoms with Crippen LogP contribution in [0.5, 0.6) is 11.5 Å². The fourth-order valence-electron chi connectivity index (χ4n) is 4.31. The number of amides is 1. The van der Waals surface area contributed by atoms with E-state index in [-0.39, 0.29) is 28.6 Å². The number of ether oxygens (including phenoxy) is 2. The number of rotatable bonds is 15. The van der Waals surface area contributed by atoms with Crippen LogP contribution in [0.15, 0.2) is 58.6 Å². The fourth-order valence-corrected chi connectivity index (χ4v) is 5.26. The first-order valence-electron chi connectivity index (χ1n) is 13.8. The van der Waals surface area contributed by atoms with Gasteiger partial charge in [-0.2, -0.15) is 0 Å². The van der Waals surface area contributed by atoms with E-state index in [0.717, 1.165) is 36.1 Å². The molecule has 50 heavy (non-hydrogen) atoms. The number of hydrogen-bond acceptors (Lipinski definition) is 15. The van der Waals surface area contributed by atoms with Crippen molar-refractivity contribution in [3.63, 3.8) is 0 Å². The summed E-state index contributed by atoms with van der Waals surface area (Å²) in [6, 6.07) is 8.94. The maximum Gasteiger partial charge on any atom is 0.342 e. The molecule has 1 unspecified atom stereocenters. The molecule has 3 aromatic carbocycles. The van der Waals surface area contributed by atoms with Gasteiger partial charge in [0.2, 0.25) is 17.0 Å². The summed E-state index contributed by atoms with van der Waals surface area (Å²) in [5.41, 5.74) is -2.12. The van der Waals surface area contributed by atoms with E-state index in [1.165, 1.54) is 24.3 Å². The smallest absolute Gasteiger partial charge is 0.342 e. The Morgan fingerprint density at radius 2 is 1.54 bits per heavy atom. The third-order valence-electron chi connectivity index (χ3n) is 6.67. The molecule has 0 spiro atoms. The molecule has 0 aliphatic carbocycles. The van der Waals surface area contributed by atoms with E-state index >= 15 is 0 Å². The molecular weight excluding hydrogens is 686 g/mol. The minimum atomic E-state index is -2.22. The lowest BCUT2D eigenvalue weighted by Gasteiger charge is -2.22. The van der Waals surface area contributed by atoms with Crippen LogP contribution in [0.2, 0.25) is 0 Å². The molecule has 0 saturated carbocycles. The molecular formula is C30H25N5O14S. The normalized spacial score (nSPS) is 11.3. The molecule has 1 aromatic heterocycles. The minimum Gasteiger partial charge on any atom is -0.507 e. The highest BCUT2D eigenvalue weighted by Crippen LogP contribution is 2.44. The van der Waals surface area contributed by atoms with Gasteiger partial charge in [-0.25, -0.2) is 19.1 Å². The second kappa shape index (κ2) is 15.7. The number of aromatic hydroxyl groups is 1. The van der Waals surface area contributed by atoms with Crippen molar-refractivity contribution in [2.75, 3.05) is 12.4 Å². The van der Waals surface area contributed by atoms with Crippen LogP contribution < -0.4 is 10.1 Å². The van der Waals surface area contributed by atoms with Crippen LogP contribution in [-0.4, -0.2) is 99.6 Å². The van der Waals surface area contributed by atoms with E-state index in [4.69, 9.17) is 9.47 Å². The molecule has 1 atom stereocenters. The van der Waals surface area contributed by atoms with Crippen LogP contribution in [0.1, 0.15) is 52.6 Å². The molecule has 0 aliphatic heterocycles. The van der Waals surface area contributed by atoms with Gasteiger partial charge in [-0.1, -0.05) is 24.3 Å². The summed E-state index contributed by atoms with van der Waals surface area (Å²) < 4.78 is 11.5. The number of aromatic carboxylic acids is 2. The number of nitrogens with zero attached hydrogens (tertiary/aromatic N) is 4. The lowest BCUT2D eigenvalue weighted by molar-refractivity contribution is -0.138. The third kappa shape index (κ3) is 8.18. The number of aromatic nitrogens is 4. The van der Waals surface area contributed by atoms with Crippen molar-refractivity contribution < 1.29 is 68.9 Å². The molecule has 0 aliphatic rings. The first kappa shape index (κ1) is 36.5. The molecule has 1 amide bonds. The highest BCUT2D eigenvalue weighted by Gasteiger charge is 2.34. The number of esters is 1. The number of aliphatic carboxylic acids is 1. The molecule has 0 fully saturated rings. The lowest BCUT2D eigenvalue weighted by atomic mass is 10.0. The number of benzene rings is 3. The monoisotopic (exact) mass is 711 g/mol. The second-order valence-electron chi connectivity index (χ2n) is 9.97. The number of Topliss-reactive ketones (excluding diaryl/α,β-unsaturated/α-hetero) is 1. The zero-order chi connectivity index (χ0) is 36.7. The van der Waals surface area contributed by atoms with Crippen LogP contribution in [0.4, 0.5) is 5.69 Å². The van der Waals surface area contributed by atoms with Gasteiger partial charge in [-0.3, -0.25) is 14.4 Å². The van der Waals surface area contributed by atoms with Crippen molar-refractivity contribution in [3.05, 3.63) is 81.9 Å².